The number of amides is 2. The quantitative estimate of drug-likeness (QED) is 0.889. The van der Waals surface area contributed by atoms with Crippen molar-refractivity contribution in [1.82, 2.24) is 9.88 Å². The number of nitrogens with one attached hydrogen (secondary N) is 1. The fourth-order valence-corrected chi connectivity index (χ4v) is 2.51. The van der Waals surface area contributed by atoms with E-state index in [2.05, 4.69) is 10.3 Å². The van der Waals surface area contributed by atoms with Crippen LogP contribution in [-0.2, 0) is 6.54 Å². The standard InChI is InChI=1S/C14H15N3O3S/c1-2-17(9-10-5-4-8-21-10)14(20)16-11-6-3-7-15-12(11)13(18)19/h3-8H,2,9H2,1H3,(H,16,20)(H,18,19). The second-order valence-electron chi connectivity index (χ2n) is 4.23. The van der Waals surface area contributed by atoms with Crippen LogP contribution in [-0.4, -0.2) is 33.5 Å². The molecule has 0 aliphatic heterocycles. The molecular formula is C14H15N3O3S. The Kier molecular flexibility index (Phi) is 4.89. The van der Waals surface area contributed by atoms with Gasteiger partial charge in [-0.3, -0.25) is 0 Å². The van der Waals surface area contributed by atoms with Crippen LogP contribution in [0.15, 0.2) is 35.8 Å². The van der Waals surface area contributed by atoms with Crippen LogP contribution < -0.4 is 5.32 Å². The van der Waals surface area contributed by atoms with Gasteiger partial charge in [-0.15, -0.1) is 11.3 Å². The molecule has 0 spiro atoms. The molecule has 2 N–H and O–H groups in total. The number of carbonyl (C=O) groups is 2. The average molecular weight is 305 g/mol. The second kappa shape index (κ2) is 6.85. The molecule has 2 amide bonds. The lowest BCUT2D eigenvalue weighted by atomic mass is 10.3. The maximum Gasteiger partial charge on any atom is 0.356 e. The molecule has 0 radical (unpaired) electrons. The molecule has 2 aromatic heterocycles. The number of hydrogen-bond donors (Lipinski definition) is 2. The van der Waals surface area contributed by atoms with E-state index in [9.17, 15) is 9.59 Å². The fourth-order valence-electron chi connectivity index (χ4n) is 1.79. The van der Waals surface area contributed by atoms with Gasteiger partial charge in [-0.2, -0.15) is 0 Å². The number of aromatic carboxylic acids is 1. The summed E-state index contributed by atoms with van der Waals surface area (Å²) >= 11 is 1.57. The van der Waals surface area contributed by atoms with E-state index in [4.69, 9.17) is 5.11 Å². The topological polar surface area (TPSA) is 82.5 Å². The monoisotopic (exact) mass is 305 g/mol. The lowest BCUT2D eigenvalue weighted by molar-refractivity contribution is 0.0691. The van der Waals surface area contributed by atoms with E-state index in [0.29, 0.717) is 13.1 Å². The molecule has 2 aromatic rings. The first-order chi connectivity index (χ1) is 10.1. The number of hydrogen-bond acceptors (Lipinski definition) is 4. The molecule has 2 heterocycles. The van der Waals surface area contributed by atoms with Gasteiger partial charge in [-0.1, -0.05) is 6.07 Å². The fraction of sp³-hybridized carbons (Fsp3) is 0.214. The van der Waals surface area contributed by atoms with Crippen molar-refractivity contribution >= 4 is 29.0 Å². The SMILES string of the molecule is CCN(Cc1cccs1)C(=O)Nc1cccnc1C(=O)O. The van der Waals surface area contributed by atoms with Crippen molar-refractivity contribution in [2.75, 3.05) is 11.9 Å². The van der Waals surface area contributed by atoms with Crippen LogP contribution in [0.4, 0.5) is 10.5 Å². The zero-order chi connectivity index (χ0) is 15.2. The van der Waals surface area contributed by atoms with E-state index < -0.39 is 5.97 Å². The number of carbonyl (C=O) groups excluding carboxylic acids is 1. The number of urea groups is 1. The number of carboxylic acid groups (broad SMARTS) is 1. The lowest BCUT2D eigenvalue weighted by Crippen LogP contribution is -2.34. The van der Waals surface area contributed by atoms with Crippen molar-refractivity contribution in [2.45, 2.75) is 13.5 Å². The highest BCUT2D eigenvalue weighted by atomic mass is 32.1. The van der Waals surface area contributed by atoms with Gasteiger partial charge in [0.2, 0.25) is 0 Å². The summed E-state index contributed by atoms with van der Waals surface area (Å²) in [6, 6.07) is 6.63. The van der Waals surface area contributed by atoms with Crippen molar-refractivity contribution < 1.29 is 14.7 Å². The molecule has 0 aliphatic carbocycles. The van der Waals surface area contributed by atoms with Crippen molar-refractivity contribution in [3.63, 3.8) is 0 Å². The third-order valence-corrected chi connectivity index (χ3v) is 3.71. The van der Waals surface area contributed by atoms with E-state index in [0.717, 1.165) is 4.88 Å². The van der Waals surface area contributed by atoms with Gasteiger partial charge in [0.05, 0.1) is 12.2 Å². The first-order valence-electron chi connectivity index (χ1n) is 6.38. The summed E-state index contributed by atoms with van der Waals surface area (Å²) in [5.41, 5.74) is 0.0256. The molecule has 0 aromatic carbocycles. The van der Waals surface area contributed by atoms with E-state index >= 15 is 0 Å². The third kappa shape index (κ3) is 3.79. The van der Waals surface area contributed by atoms with Gasteiger partial charge in [-0.05, 0) is 30.5 Å². The molecule has 7 heteroatoms. The smallest absolute Gasteiger partial charge is 0.356 e. The summed E-state index contributed by atoms with van der Waals surface area (Å²) in [6.07, 6.45) is 1.38. The lowest BCUT2D eigenvalue weighted by Gasteiger charge is -2.21. The number of carboxylic acids is 1. The third-order valence-electron chi connectivity index (χ3n) is 2.85. The highest BCUT2D eigenvalue weighted by molar-refractivity contribution is 7.09. The molecule has 21 heavy (non-hydrogen) atoms. The Hall–Kier alpha value is -2.41. The molecule has 2 rings (SSSR count). The highest BCUT2D eigenvalue weighted by Gasteiger charge is 2.17. The van der Waals surface area contributed by atoms with Crippen LogP contribution in [0.2, 0.25) is 0 Å². The van der Waals surface area contributed by atoms with Crippen LogP contribution in [0.25, 0.3) is 0 Å². The number of pyridine rings is 1. The first kappa shape index (κ1) is 15.0. The van der Waals surface area contributed by atoms with E-state index in [-0.39, 0.29) is 17.4 Å². The Morgan fingerprint density at radius 1 is 1.38 bits per heavy atom. The number of anilines is 1. The zero-order valence-electron chi connectivity index (χ0n) is 11.4. The van der Waals surface area contributed by atoms with Crippen molar-refractivity contribution in [3.8, 4) is 0 Å². The van der Waals surface area contributed by atoms with Gasteiger partial charge in [0, 0.05) is 17.6 Å². The van der Waals surface area contributed by atoms with Crippen molar-refractivity contribution in [2.24, 2.45) is 0 Å². The molecule has 0 saturated carbocycles. The minimum Gasteiger partial charge on any atom is -0.476 e. The highest BCUT2D eigenvalue weighted by Crippen LogP contribution is 2.15. The summed E-state index contributed by atoms with van der Waals surface area (Å²) in [7, 11) is 0. The molecule has 0 saturated heterocycles. The predicted molar refractivity (Wildman–Crippen MR) is 80.6 cm³/mol. The summed E-state index contributed by atoms with van der Waals surface area (Å²) in [5, 5.41) is 13.6. The molecule has 110 valence electrons. The summed E-state index contributed by atoms with van der Waals surface area (Å²) in [4.78, 5) is 29.7. The van der Waals surface area contributed by atoms with Crippen LogP contribution in [0.3, 0.4) is 0 Å². The zero-order valence-corrected chi connectivity index (χ0v) is 12.3. The van der Waals surface area contributed by atoms with Crippen LogP contribution in [0.5, 0.6) is 0 Å². The first-order valence-corrected chi connectivity index (χ1v) is 7.26. The summed E-state index contributed by atoms with van der Waals surface area (Å²) in [5.74, 6) is -1.17. The predicted octanol–water partition coefficient (Wildman–Crippen LogP) is 2.90. The Balaban J connectivity index is 2.11. The summed E-state index contributed by atoms with van der Waals surface area (Å²) in [6.45, 7) is 2.88. The average Bonchev–Trinajstić information content (AvgIpc) is 2.98. The van der Waals surface area contributed by atoms with Gasteiger partial charge in [0.25, 0.3) is 0 Å². The van der Waals surface area contributed by atoms with Gasteiger partial charge < -0.3 is 15.3 Å². The van der Waals surface area contributed by atoms with E-state index in [1.807, 2.05) is 24.4 Å². The Morgan fingerprint density at radius 2 is 2.19 bits per heavy atom. The van der Waals surface area contributed by atoms with Crippen molar-refractivity contribution in [3.05, 3.63) is 46.4 Å². The van der Waals surface area contributed by atoms with Gasteiger partial charge in [-0.25, -0.2) is 14.6 Å². The molecule has 6 nitrogen and oxygen atoms in total. The number of nitrogens with zero attached hydrogens (tertiary/aromatic N) is 2. The molecule has 0 atom stereocenters. The van der Waals surface area contributed by atoms with Crippen LogP contribution >= 0.6 is 11.3 Å². The van der Waals surface area contributed by atoms with Crippen molar-refractivity contribution in [1.29, 1.82) is 0 Å². The minimum absolute atomic E-state index is 0.168. The Morgan fingerprint density at radius 3 is 2.81 bits per heavy atom. The summed E-state index contributed by atoms with van der Waals surface area (Å²) < 4.78 is 0. The minimum atomic E-state index is -1.17. The number of thiophene rings is 1. The van der Waals surface area contributed by atoms with Gasteiger partial charge in [0.15, 0.2) is 5.69 Å². The van der Waals surface area contributed by atoms with Crippen LogP contribution in [0.1, 0.15) is 22.3 Å². The number of aromatic nitrogens is 1. The second-order valence-corrected chi connectivity index (χ2v) is 5.26. The Labute approximate surface area is 126 Å². The largest absolute Gasteiger partial charge is 0.476 e. The van der Waals surface area contributed by atoms with Gasteiger partial charge in [0.1, 0.15) is 0 Å². The normalized spacial score (nSPS) is 10.1. The molecule has 0 unspecified atom stereocenters. The molecule has 0 aliphatic rings. The molecule has 0 bridgehead atoms. The molecular weight excluding hydrogens is 290 g/mol. The maximum atomic E-state index is 12.2. The number of rotatable bonds is 5. The molecule has 0 fully saturated rings. The maximum absolute atomic E-state index is 12.2. The van der Waals surface area contributed by atoms with Crippen LogP contribution in [0, 0.1) is 0 Å². The van der Waals surface area contributed by atoms with E-state index in [1.165, 1.54) is 12.3 Å². The Bertz CT molecular complexity index is 628. The van der Waals surface area contributed by atoms with Gasteiger partial charge >= 0.3 is 12.0 Å². The van der Waals surface area contributed by atoms with E-state index in [1.54, 1.807) is 22.3 Å².